The Labute approximate surface area is 462 Å². The quantitative estimate of drug-likeness (QED) is 0.0175. The van der Waals surface area contributed by atoms with Gasteiger partial charge in [-0.2, -0.15) is 0 Å². The summed E-state index contributed by atoms with van der Waals surface area (Å²) in [5.74, 6) is -3.37. The van der Waals surface area contributed by atoms with Crippen molar-refractivity contribution in [3.63, 3.8) is 0 Å². The number of carboxylic acids is 2. The second-order valence-electron chi connectivity index (χ2n) is 20.4. The minimum absolute atomic E-state index is 0. The van der Waals surface area contributed by atoms with E-state index >= 15 is 0 Å². The number of aliphatic hydroxyl groups is 6. The van der Waals surface area contributed by atoms with E-state index in [0.717, 1.165) is 64.2 Å². The molecule has 0 radical (unpaired) electrons. The molecule has 4 aliphatic heterocycles. The van der Waals surface area contributed by atoms with E-state index in [1.807, 2.05) is 13.8 Å². The van der Waals surface area contributed by atoms with Crippen LogP contribution in [0.1, 0.15) is 157 Å². The number of ether oxygens (including phenoxy) is 6. The van der Waals surface area contributed by atoms with Gasteiger partial charge in [0.25, 0.3) is 0 Å². The molecule has 0 saturated carbocycles. The molecule has 0 aromatic rings. The number of hydrogen-bond donors (Lipinski definition) is 6. The van der Waals surface area contributed by atoms with Crippen molar-refractivity contribution < 1.29 is 99.4 Å². The van der Waals surface area contributed by atoms with Gasteiger partial charge in [0.05, 0.1) is 87.5 Å². The fraction of sp³-hybridized carbons (Fsp3) is 0.846. The van der Waals surface area contributed by atoms with E-state index in [4.69, 9.17) is 28.4 Å². The van der Waals surface area contributed by atoms with Crippen LogP contribution in [0.4, 0.5) is 0 Å². The van der Waals surface area contributed by atoms with Crippen molar-refractivity contribution in [2.75, 3.05) is 26.4 Å². The summed E-state index contributed by atoms with van der Waals surface area (Å²) in [6.45, 7) is 12.1. The number of aliphatic carboxylic acids is 2. The first-order chi connectivity index (χ1) is 33.2. The Morgan fingerprint density at radius 3 is 1.16 bits per heavy atom. The van der Waals surface area contributed by atoms with Gasteiger partial charge in [0, 0.05) is 47.8 Å². The van der Waals surface area contributed by atoms with Crippen LogP contribution in [0.15, 0.2) is 23.3 Å². The topological polar surface area (TPSA) is 361 Å². The minimum Gasteiger partial charge on any atom is -0.550 e. The third kappa shape index (κ3) is 27.8. The zero-order valence-corrected chi connectivity index (χ0v) is 46.4. The number of carbonyl (C=O) groups is 4. The molecule has 4 fully saturated rings. The van der Waals surface area contributed by atoms with Crippen LogP contribution < -0.4 is 10.2 Å². The van der Waals surface area contributed by atoms with Crippen molar-refractivity contribution in [3.05, 3.63) is 23.3 Å². The summed E-state index contributed by atoms with van der Waals surface area (Å²) >= 11 is 0. The molecule has 20 nitrogen and oxygen atoms in total. The van der Waals surface area contributed by atoms with Crippen LogP contribution in [0.5, 0.6) is 0 Å². The van der Waals surface area contributed by atoms with Crippen LogP contribution in [-0.4, -0.2) is 203 Å². The average Bonchev–Trinajstić information content (AvgIpc) is 4.23. The predicted octanol–water partition coefficient (Wildman–Crippen LogP) is 0.485. The molecule has 0 unspecified atom stereocenters. The molecule has 0 amide bonds. The molecular formula is C52H90CaO20. The molecule has 0 aromatic carbocycles. The van der Waals surface area contributed by atoms with Crippen LogP contribution in [0, 0.1) is 23.7 Å². The van der Waals surface area contributed by atoms with Crippen molar-refractivity contribution in [1.82, 2.24) is 0 Å². The number of unbranched alkanes of at least 4 members (excludes halogenated alkanes) is 10. The normalized spacial score (nSPS) is 29.3. The van der Waals surface area contributed by atoms with E-state index in [1.54, 1.807) is 27.7 Å². The van der Waals surface area contributed by atoms with Crippen molar-refractivity contribution in [1.29, 1.82) is 0 Å². The Balaban J connectivity index is 0.00000136. The molecule has 0 bridgehead atoms. The standard InChI is InChI=1S/2C26H44O9.Ca.2H2O/c2*1-16(13-23(30)33-11-9-7-5-4-6-8-10-22(28)29)12-20-25(32)24(31)19(15-34-20)14-21-26(35-21)17(2)18(3)27;;;/h2*13,17-21,24-27,31-32H,4-12,14-15H2,1-3H3,(H,28,29);;2*1H2/q;;+2;;/p-2/b2*16-13+;;;/t2*17-,18-,19-,20-,21-,24+,25-,26-;;;/m00.../s1. The maximum Gasteiger partial charge on any atom is 2.00 e. The molecule has 420 valence electrons. The molecule has 21 heteroatoms. The molecule has 0 aliphatic carbocycles. The van der Waals surface area contributed by atoms with Crippen molar-refractivity contribution in [3.8, 4) is 0 Å². The summed E-state index contributed by atoms with van der Waals surface area (Å²) in [7, 11) is 0. The first-order valence-electron chi connectivity index (χ1n) is 25.9. The molecule has 73 heavy (non-hydrogen) atoms. The summed E-state index contributed by atoms with van der Waals surface area (Å²) in [5, 5.41) is 82.4. The molecule has 0 aromatic heterocycles. The summed E-state index contributed by atoms with van der Waals surface area (Å²) in [6.07, 6.45) is 8.59. The van der Waals surface area contributed by atoms with E-state index in [-0.39, 0.29) is 110 Å². The monoisotopic (exact) mass is 1070 g/mol. The number of hydrogen-bond acceptors (Lipinski definition) is 18. The maximum absolute atomic E-state index is 12.0. The van der Waals surface area contributed by atoms with Gasteiger partial charge >= 0.3 is 49.7 Å². The van der Waals surface area contributed by atoms with E-state index in [1.165, 1.54) is 12.2 Å². The fourth-order valence-electron chi connectivity index (χ4n) is 9.16. The number of aliphatic hydroxyl groups excluding tert-OH is 6. The van der Waals surface area contributed by atoms with Gasteiger partial charge in [0.15, 0.2) is 0 Å². The van der Waals surface area contributed by atoms with Gasteiger partial charge < -0.3 is 89.8 Å². The Hall–Kier alpha value is -1.86. The van der Waals surface area contributed by atoms with E-state index in [9.17, 15) is 60.0 Å². The first-order valence-corrected chi connectivity index (χ1v) is 25.9. The summed E-state index contributed by atoms with van der Waals surface area (Å²) in [5.41, 5.74) is 1.41. The van der Waals surface area contributed by atoms with Gasteiger partial charge in [-0.3, -0.25) is 0 Å². The minimum atomic E-state index is -1.06. The molecule has 0 spiro atoms. The van der Waals surface area contributed by atoms with E-state index < -0.39 is 72.7 Å². The van der Waals surface area contributed by atoms with E-state index in [2.05, 4.69) is 0 Å². The SMILES string of the molecule is C/C(=C\C(=O)OCCCCCCCCC(=O)[O-])C[C@@H]1OC[C@H](C[C@@H]2O[C@H]2[C@@H](C)[C@H](C)O)[C@@H](O)[C@H]1O.C/C(=C\C(=O)OCCCCCCCCC(=O)[O-])C[C@@H]1OC[C@H](C[C@@H]2O[C@H]2[C@@H](C)[C@H](C)O)[C@@H](O)[C@H]1O.O.O.[Ca+2]. The molecule has 10 N–H and O–H groups in total. The Kier molecular flexibility index (Phi) is 36.9. The molecular weight excluding hydrogens is 985 g/mol. The van der Waals surface area contributed by atoms with Crippen molar-refractivity contribution in [2.45, 2.75) is 230 Å². The van der Waals surface area contributed by atoms with Gasteiger partial charge in [-0.05, 0) is 91.9 Å². The Morgan fingerprint density at radius 1 is 0.534 bits per heavy atom. The molecule has 4 aliphatic rings. The third-order valence-corrected chi connectivity index (χ3v) is 14.2. The number of rotatable bonds is 32. The zero-order valence-electron chi connectivity index (χ0n) is 44.2. The Morgan fingerprint density at radius 2 is 0.849 bits per heavy atom. The molecule has 4 rings (SSSR count). The van der Waals surface area contributed by atoms with Crippen molar-refractivity contribution in [2.24, 2.45) is 23.7 Å². The molecule has 4 saturated heterocycles. The Bertz CT molecular complexity index is 1510. The van der Waals surface area contributed by atoms with Gasteiger partial charge in [0.2, 0.25) is 0 Å². The predicted molar refractivity (Wildman–Crippen MR) is 265 cm³/mol. The van der Waals surface area contributed by atoms with Crippen LogP contribution in [0.3, 0.4) is 0 Å². The smallest absolute Gasteiger partial charge is 0.550 e. The molecule has 4 heterocycles. The van der Waals surface area contributed by atoms with Crippen molar-refractivity contribution >= 4 is 61.6 Å². The summed E-state index contributed by atoms with van der Waals surface area (Å²) in [6, 6.07) is 0. The number of carbonyl (C=O) groups excluding carboxylic acids is 4. The van der Waals surface area contributed by atoms with Crippen LogP contribution in [0.25, 0.3) is 0 Å². The second kappa shape index (κ2) is 37.8. The van der Waals surface area contributed by atoms with Crippen LogP contribution in [-0.2, 0) is 47.6 Å². The maximum atomic E-state index is 12.0. The fourth-order valence-corrected chi connectivity index (χ4v) is 9.16. The third-order valence-electron chi connectivity index (χ3n) is 14.2. The van der Waals surface area contributed by atoms with Crippen LogP contribution in [0.2, 0.25) is 0 Å². The van der Waals surface area contributed by atoms with Crippen LogP contribution >= 0.6 is 0 Å². The van der Waals surface area contributed by atoms with Gasteiger partial charge in [-0.15, -0.1) is 0 Å². The first kappa shape index (κ1) is 71.1. The molecule has 16 atom stereocenters. The zero-order chi connectivity index (χ0) is 51.9. The van der Waals surface area contributed by atoms with Gasteiger partial charge in [0.1, 0.15) is 12.2 Å². The largest absolute Gasteiger partial charge is 2.00 e. The second-order valence-corrected chi connectivity index (χ2v) is 20.4. The number of esters is 2. The number of carboxylic acid groups (broad SMARTS) is 2. The summed E-state index contributed by atoms with van der Waals surface area (Å²) in [4.78, 5) is 44.8. The van der Waals surface area contributed by atoms with E-state index in [0.29, 0.717) is 76.1 Å². The number of epoxide rings is 2. The van der Waals surface area contributed by atoms with Gasteiger partial charge in [-0.25, -0.2) is 9.59 Å². The average molecular weight is 1080 g/mol. The summed E-state index contributed by atoms with van der Waals surface area (Å²) < 4.78 is 33.4. The van der Waals surface area contributed by atoms with Gasteiger partial charge in [-0.1, -0.05) is 76.4 Å².